The molecule has 2 aromatic carbocycles. The molecule has 0 spiro atoms. The lowest BCUT2D eigenvalue weighted by atomic mass is 10.1. The molecule has 2 aromatic rings. The van der Waals surface area contributed by atoms with Crippen LogP contribution in [0.2, 0.25) is 0 Å². The Morgan fingerprint density at radius 3 is 2.59 bits per heavy atom. The lowest BCUT2D eigenvalue weighted by Crippen LogP contribution is -2.21. The summed E-state index contributed by atoms with van der Waals surface area (Å²) in [7, 11) is 1.45. The highest BCUT2D eigenvalue weighted by Gasteiger charge is 2.29. The summed E-state index contributed by atoms with van der Waals surface area (Å²) in [6, 6.07) is 9.78. The molecular formula is C21H19BrN2O5. The highest BCUT2D eigenvalue weighted by Crippen LogP contribution is 2.36. The lowest BCUT2D eigenvalue weighted by Gasteiger charge is -2.12. The normalized spacial score (nSPS) is 14.9. The van der Waals surface area contributed by atoms with Crippen LogP contribution in [0.1, 0.15) is 29.8 Å². The molecule has 1 aliphatic rings. The van der Waals surface area contributed by atoms with Gasteiger partial charge in [0.25, 0.3) is 5.91 Å². The molecule has 0 radical (unpaired) electrons. The molecule has 7 nitrogen and oxygen atoms in total. The summed E-state index contributed by atoms with van der Waals surface area (Å²) in [5.41, 5.74) is 2.57. The Bertz CT molecular complexity index is 1030. The molecule has 0 atom stereocenters. The van der Waals surface area contributed by atoms with Gasteiger partial charge in [-0.05, 0) is 77.8 Å². The van der Waals surface area contributed by atoms with Crippen molar-refractivity contribution < 1.29 is 24.2 Å². The molecule has 0 saturated carbocycles. The first kappa shape index (κ1) is 20.6. The standard InChI is InChI=1S/C21H19BrN2O5/c1-4-29-21(27)14-5-7-15(8-6-14)24-20(26)16(12(2)23-24)9-13-10-17(22)19(25)18(11-13)28-3/h5-11,25H,4H2,1-3H3/b16-9+. The number of amides is 1. The first-order valence-corrected chi connectivity index (χ1v) is 9.60. The van der Waals surface area contributed by atoms with Crippen LogP contribution >= 0.6 is 15.9 Å². The maximum Gasteiger partial charge on any atom is 0.338 e. The van der Waals surface area contributed by atoms with Gasteiger partial charge in [-0.3, -0.25) is 4.79 Å². The monoisotopic (exact) mass is 458 g/mol. The van der Waals surface area contributed by atoms with E-state index in [1.165, 1.54) is 12.1 Å². The largest absolute Gasteiger partial charge is 0.503 e. The highest BCUT2D eigenvalue weighted by atomic mass is 79.9. The van der Waals surface area contributed by atoms with Gasteiger partial charge in [-0.25, -0.2) is 4.79 Å². The molecule has 29 heavy (non-hydrogen) atoms. The number of nitrogens with zero attached hydrogens (tertiary/aromatic N) is 2. The Hall–Kier alpha value is -3.13. The number of phenolic OH excluding ortho intramolecular Hbond substituents is 1. The van der Waals surface area contributed by atoms with Crippen molar-refractivity contribution >= 4 is 45.3 Å². The highest BCUT2D eigenvalue weighted by molar-refractivity contribution is 9.10. The number of phenols is 1. The number of rotatable bonds is 5. The molecule has 1 N–H and O–H groups in total. The molecule has 0 bridgehead atoms. The van der Waals surface area contributed by atoms with Crippen LogP contribution in [-0.4, -0.2) is 36.4 Å². The number of halogens is 1. The fourth-order valence-corrected chi connectivity index (χ4v) is 3.27. The summed E-state index contributed by atoms with van der Waals surface area (Å²) in [5, 5.41) is 15.6. The summed E-state index contributed by atoms with van der Waals surface area (Å²) in [4.78, 5) is 24.7. The minimum atomic E-state index is -0.418. The van der Waals surface area contributed by atoms with E-state index < -0.39 is 5.97 Å². The summed E-state index contributed by atoms with van der Waals surface area (Å²) in [5.74, 6) is -0.438. The number of esters is 1. The van der Waals surface area contributed by atoms with E-state index in [9.17, 15) is 14.7 Å². The van der Waals surface area contributed by atoms with Gasteiger partial charge in [0.2, 0.25) is 0 Å². The van der Waals surface area contributed by atoms with Crippen LogP contribution in [0.25, 0.3) is 6.08 Å². The molecule has 1 heterocycles. The van der Waals surface area contributed by atoms with Gasteiger partial charge in [0.15, 0.2) is 11.5 Å². The predicted molar refractivity (Wildman–Crippen MR) is 113 cm³/mol. The van der Waals surface area contributed by atoms with E-state index in [4.69, 9.17) is 9.47 Å². The second-order valence-electron chi connectivity index (χ2n) is 6.18. The van der Waals surface area contributed by atoms with Gasteiger partial charge in [0.05, 0.1) is 40.7 Å². The Kier molecular flexibility index (Phi) is 6.03. The van der Waals surface area contributed by atoms with E-state index >= 15 is 0 Å². The number of carbonyl (C=O) groups is 2. The molecule has 3 rings (SSSR count). The van der Waals surface area contributed by atoms with E-state index in [-0.39, 0.29) is 17.4 Å². The maximum absolute atomic E-state index is 12.9. The van der Waals surface area contributed by atoms with Crippen LogP contribution in [0, 0.1) is 0 Å². The number of hydrazone groups is 1. The molecule has 150 valence electrons. The number of benzene rings is 2. The lowest BCUT2D eigenvalue weighted by molar-refractivity contribution is -0.114. The van der Waals surface area contributed by atoms with Crippen molar-refractivity contribution in [2.75, 3.05) is 18.7 Å². The predicted octanol–water partition coefficient (Wildman–Crippen LogP) is 4.15. The van der Waals surface area contributed by atoms with Gasteiger partial charge >= 0.3 is 5.97 Å². The van der Waals surface area contributed by atoms with E-state index in [2.05, 4.69) is 21.0 Å². The second kappa shape index (κ2) is 8.48. The Labute approximate surface area is 176 Å². The van der Waals surface area contributed by atoms with E-state index in [0.29, 0.717) is 39.2 Å². The van der Waals surface area contributed by atoms with Gasteiger partial charge in [0.1, 0.15) is 0 Å². The fraction of sp³-hybridized carbons (Fsp3) is 0.190. The molecule has 1 aliphatic heterocycles. The van der Waals surface area contributed by atoms with Crippen LogP contribution in [0.15, 0.2) is 51.5 Å². The third kappa shape index (κ3) is 4.17. The zero-order valence-electron chi connectivity index (χ0n) is 16.1. The first-order valence-electron chi connectivity index (χ1n) is 8.81. The fourth-order valence-electron chi connectivity index (χ4n) is 2.81. The molecule has 0 aromatic heterocycles. The average molecular weight is 459 g/mol. The SMILES string of the molecule is CCOC(=O)c1ccc(N2N=C(C)/C(=C\c3cc(Br)c(O)c(OC)c3)C2=O)cc1. The first-order chi connectivity index (χ1) is 13.8. The van der Waals surface area contributed by atoms with Crippen molar-refractivity contribution in [3.63, 3.8) is 0 Å². The second-order valence-corrected chi connectivity index (χ2v) is 7.04. The number of hydrogen-bond acceptors (Lipinski definition) is 6. The Balaban J connectivity index is 1.88. The number of ether oxygens (including phenoxy) is 2. The number of methoxy groups -OCH3 is 1. The Morgan fingerprint density at radius 2 is 1.97 bits per heavy atom. The van der Waals surface area contributed by atoms with Crippen LogP contribution in [0.4, 0.5) is 5.69 Å². The van der Waals surface area contributed by atoms with E-state index in [1.54, 1.807) is 56.3 Å². The van der Waals surface area contributed by atoms with Crippen LogP contribution in [0.3, 0.4) is 0 Å². The van der Waals surface area contributed by atoms with E-state index in [0.717, 1.165) is 0 Å². The topological polar surface area (TPSA) is 88.4 Å². The molecule has 0 aliphatic carbocycles. The zero-order valence-corrected chi connectivity index (χ0v) is 17.7. The van der Waals surface area contributed by atoms with Crippen molar-refractivity contribution in [1.82, 2.24) is 0 Å². The van der Waals surface area contributed by atoms with Crippen molar-refractivity contribution in [3.8, 4) is 11.5 Å². The molecule has 0 saturated heterocycles. The van der Waals surface area contributed by atoms with Crippen LogP contribution in [0.5, 0.6) is 11.5 Å². The Morgan fingerprint density at radius 1 is 1.28 bits per heavy atom. The smallest absolute Gasteiger partial charge is 0.338 e. The van der Waals surface area contributed by atoms with Crippen LogP contribution in [-0.2, 0) is 9.53 Å². The third-order valence-corrected chi connectivity index (χ3v) is 4.87. The summed E-state index contributed by atoms with van der Waals surface area (Å²) >= 11 is 3.27. The van der Waals surface area contributed by atoms with Gasteiger partial charge in [-0.15, -0.1) is 0 Å². The van der Waals surface area contributed by atoms with Gasteiger partial charge in [-0.1, -0.05) is 0 Å². The number of carbonyl (C=O) groups excluding carboxylic acids is 2. The van der Waals surface area contributed by atoms with Crippen molar-refractivity contribution in [3.05, 3.63) is 57.6 Å². The van der Waals surface area contributed by atoms with Crippen molar-refractivity contribution in [1.29, 1.82) is 0 Å². The summed E-state index contributed by atoms with van der Waals surface area (Å²) in [6.45, 7) is 3.77. The van der Waals surface area contributed by atoms with E-state index in [1.807, 2.05) is 0 Å². The zero-order chi connectivity index (χ0) is 21.1. The van der Waals surface area contributed by atoms with Gasteiger partial charge in [-0.2, -0.15) is 10.1 Å². The molecule has 8 heteroatoms. The minimum absolute atomic E-state index is 0.0129. The van der Waals surface area contributed by atoms with Crippen molar-refractivity contribution in [2.24, 2.45) is 5.10 Å². The van der Waals surface area contributed by atoms with Crippen LogP contribution < -0.4 is 9.75 Å². The molecule has 0 unspecified atom stereocenters. The van der Waals surface area contributed by atoms with Gasteiger partial charge < -0.3 is 14.6 Å². The number of hydrogen-bond donors (Lipinski definition) is 1. The van der Waals surface area contributed by atoms with Gasteiger partial charge in [0, 0.05) is 0 Å². The summed E-state index contributed by atoms with van der Waals surface area (Å²) < 4.78 is 10.6. The molecular weight excluding hydrogens is 440 g/mol. The molecule has 1 amide bonds. The summed E-state index contributed by atoms with van der Waals surface area (Å²) in [6.07, 6.45) is 1.68. The number of anilines is 1. The quantitative estimate of drug-likeness (QED) is 0.536. The number of aromatic hydroxyl groups is 1. The molecule has 0 fully saturated rings. The average Bonchev–Trinajstić information content (AvgIpc) is 2.99. The van der Waals surface area contributed by atoms with Crippen molar-refractivity contribution in [2.45, 2.75) is 13.8 Å². The maximum atomic E-state index is 12.9. The third-order valence-electron chi connectivity index (χ3n) is 4.27. The minimum Gasteiger partial charge on any atom is -0.503 e.